The maximum absolute atomic E-state index is 12.5. The van der Waals surface area contributed by atoms with Crippen LogP contribution in [0.1, 0.15) is 10.8 Å². The van der Waals surface area contributed by atoms with Gasteiger partial charge in [-0.25, -0.2) is 8.42 Å². The largest absolute Gasteiger partial charge is 0.295 e. The van der Waals surface area contributed by atoms with E-state index < -0.39 is 20.0 Å². The molecule has 0 N–H and O–H groups in total. The average Bonchev–Trinajstić information content (AvgIpc) is 2.46. The highest BCUT2D eigenvalue weighted by Gasteiger charge is 2.26. The molecule has 2 aromatic carbocycles. The van der Waals surface area contributed by atoms with E-state index in [9.17, 15) is 18.5 Å². The zero-order valence-corrected chi connectivity index (χ0v) is 11.2. The third kappa shape index (κ3) is 2.97. The molecule has 0 saturated heterocycles. The summed E-state index contributed by atoms with van der Waals surface area (Å²) < 4.78 is 25.1. The van der Waals surface area contributed by atoms with Crippen molar-refractivity contribution in [3.8, 4) is 0 Å². The van der Waals surface area contributed by atoms with Crippen molar-refractivity contribution in [2.45, 2.75) is 10.1 Å². The second-order valence-corrected chi connectivity index (χ2v) is 6.19. The molecular weight excluding hydrogens is 278 g/mol. The van der Waals surface area contributed by atoms with Crippen LogP contribution >= 0.6 is 0 Å². The van der Waals surface area contributed by atoms with Crippen LogP contribution in [0.4, 0.5) is 0 Å². The molecule has 0 aliphatic heterocycles. The number of hydrogen-bond acceptors (Lipinski definition) is 4. The van der Waals surface area contributed by atoms with Crippen molar-refractivity contribution < 1.29 is 13.3 Å². The Hall–Kier alpha value is -2.34. The van der Waals surface area contributed by atoms with E-state index >= 15 is 0 Å². The van der Waals surface area contributed by atoms with Crippen LogP contribution < -0.4 is 0 Å². The molecule has 6 heteroatoms. The van der Waals surface area contributed by atoms with Gasteiger partial charge < -0.3 is 0 Å². The van der Waals surface area contributed by atoms with E-state index in [0.717, 1.165) is 0 Å². The third-order valence-corrected chi connectivity index (χ3v) is 4.78. The Kier molecular flexibility index (Phi) is 4.05. The molecule has 5 nitrogen and oxygen atoms in total. The lowest BCUT2D eigenvalue weighted by molar-refractivity contribution is -0.437. The summed E-state index contributed by atoms with van der Waals surface area (Å²) in [5.74, 6) is 0. The van der Waals surface area contributed by atoms with Crippen LogP contribution in [0, 0.1) is 16.7 Å². The summed E-state index contributed by atoms with van der Waals surface area (Å²) in [6, 6.07) is 15.9. The predicted octanol–water partition coefficient (Wildman–Crippen LogP) is 2.64. The van der Waals surface area contributed by atoms with Crippen molar-refractivity contribution in [2.24, 2.45) is 0 Å². The SMILES string of the molecule is O=[N+]([O-])[CH-]C(c1ccccc1)S(=O)(=O)c1ccccc1. The van der Waals surface area contributed by atoms with E-state index in [1.165, 1.54) is 12.1 Å². The van der Waals surface area contributed by atoms with Gasteiger partial charge in [-0.05, 0) is 18.7 Å². The Morgan fingerprint density at radius 1 is 0.950 bits per heavy atom. The summed E-state index contributed by atoms with van der Waals surface area (Å²) in [5, 5.41) is 9.44. The monoisotopic (exact) mass is 290 g/mol. The summed E-state index contributed by atoms with van der Waals surface area (Å²) >= 11 is 0. The van der Waals surface area contributed by atoms with Gasteiger partial charge in [0.05, 0.1) is 4.90 Å². The molecule has 0 aliphatic carbocycles. The maximum Gasteiger partial charge on any atom is 0.165 e. The standard InChI is InChI=1S/C14H12NO4S/c16-15(17)11-14(12-7-3-1-4-8-12)20(18,19)13-9-5-2-6-10-13/h1-11,14H/q-1. The minimum absolute atomic E-state index is 0.0620. The molecule has 1 unspecified atom stereocenters. The van der Waals surface area contributed by atoms with Gasteiger partial charge in [0.1, 0.15) is 0 Å². The van der Waals surface area contributed by atoms with Crippen LogP contribution in [0.5, 0.6) is 0 Å². The lowest BCUT2D eigenvalue weighted by Crippen LogP contribution is -2.17. The van der Waals surface area contributed by atoms with Gasteiger partial charge in [-0.1, -0.05) is 54.1 Å². The molecule has 104 valence electrons. The smallest absolute Gasteiger partial charge is 0.165 e. The first kappa shape index (κ1) is 14.1. The lowest BCUT2D eigenvalue weighted by Gasteiger charge is -2.21. The third-order valence-electron chi connectivity index (χ3n) is 2.79. The molecule has 0 fully saturated rings. The number of nitrogens with zero attached hydrogens (tertiary/aromatic N) is 1. The Balaban J connectivity index is 2.49. The molecule has 0 bridgehead atoms. The van der Waals surface area contributed by atoms with Crippen molar-refractivity contribution in [3.05, 3.63) is 82.9 Å². The maximum atomic E-state index is 12.5. The molecule has 0 heterocycles. The Bertz CT molecular complexity index is 684. The number of rotatable bonds is 5. The molecule has 0 amide bonds. The van der Waals surface area contributed by atoms with Crippen LogP contribution in [0.2, 0.25) is 0 Å². The number of nitro groups is 1. The highest BCUT2D eigenvalue weighted by atomic mass is 32.2. The zero-order chi connectivity index (χ0) is 14.6. The van der Waals surface area contributed by atoms with E-state index in [0.29, 0.717) is 12.1 Å². The Morgan fingerprint density at radius 3 is 1.95 bits per heavy atom. The van der Waals surface area contributed by atoms with E-state index in [4.69, 9.17) is 0 Å². The first-order valence-corrected chi connectivity index (χ1v) is 7.39. The lowest BCUT2D eigenvalue weighted by atomic mass is 10.1. The van der Waals surface area contributed by atoms with Gasteiger partial charge in [0, 0.05) is 5.25 Å². The summed E-state index contributed by atoms with van der Waals surface area (Å²) in [6.07, 6.45) is 0. The first-order chi connectivity index (χ1) is 9.51. The highest BCUT2D eigenvalue weighted by Crippen LogP contribution is 2.31. The van der Waals surface area contributed by atoms with Gasteiger partial charge in [-0.2, -0.15) is 0 Å². The van der Waals surface area contributed by atoms with Gasteiger partial charge >= 0.3 is 0 Å². The molecular formula is C14H12NO4S-. The zero-order valence-electron chi connectivity index (χ0n) is 10.4. The highest BCUT2D eigenvalue weighted by molar-refractivity contribution is 7.91. The quantitative estimate of drug-likeness (QED) is 0.482. The van der Waals surface area contributed by atoms with Crippen molar-refractivity contribution in [2.75, 3.05) is 0 Å². The fourth-order valence-corrected chi connectivity index (χ4v) is 3.46. The van der Waals surface area contributed by atoms with Crippen LogP contribution in [-0.2, 0) is 9.84 Å². The van der Waals surface area contributed by atoms with Crippen molar-refractivity contribution in [1.29, 1.82) is 0 Å². The van der Waals surface area contributed by atoms with E-state index in [1.807, 2.05) is 0 Å². The van der Waals surface area contributed by atoms with Crippen LogP contribution in [-0.4, -0.2) is 13.3 Å². The van der Waals surface area contributed by atoms with Gasteiger partial charge in [0.2, 0.25) is 0 Å². The van der Waals surface area contributed by atoms with Gasteiger partial charge in [-0.3, -0.25) is 10.1 Å². The molecule has 20 heavy (non-hydrogen) atoms. The average molecular weight is 290 g/mol. The predicted molar refractivity (Wildman–Crippen MR) is 74.1 cm³/mol. The minimum Gasteiger partial charge on any atom is -0.295 e. The number of benzene rings is 2. The summed E-state index contributed by atoms with van der Waals surface area (Å²) in [6.45, 7) is 0.609. The Labute approximate surface area is 116 Å². The van der Waals surface area contributed by atoms with E-state index in [-0.39, 0.29) is 4.90 Å². The van der Waals surface area contributed by atoms with Crippen LogP contribution in [0.25, 0.3) is 0 Å². The fraction of sp³-hybridized carbons (Fsp3) is 0.0714. The van der Waals surface area contributed by atoms with Gasteiger partial charge in [0.15, 0.2) is 9.84 Å². The second kappa shape index (κ2) is 5.75. The van der Waals surface area contributed by atoms with Gasteiger partial charge in [0.25, 0.3) is 0 Å². The van der Waals surface area contributed by atoms with Crippen molar-refractivity contribution in [3.63, 3.8) is 0 Å². The molecule has 2 rings (SSSR count). The van der Waals surface area contributed by atoms with Crippen molar-refractivity contribution in [1.82, 2.24) is 0 Å². The molecule has 1 atom stereocenters. The molecule has 0 saturated carbocycles. The van der Waals surface area contributed by atoms with E-state index in [2.05, 4.69) is 0 Å². The Morgan fingerprint density at radius 2 is 1.45 bits per heavy atom. The van der Waals surface area contributed by atoms with Crippen LogP contribution in [0.3, 0.4) is 0 Å². The molecule has 0 spiro atoms. The molecule has 0 aliphatic rings. The second-order valence-electron chi connectivity index (χ2n) is 4.12. The first-order valence-electron chi connectivity index (χ1n) is 5.84. The number of hydrogen-bond donors (Lipinski definition) is 0. The summed E-state index contributed by atoms with van der Waals surface area (Å²) in [4.78, 5) is 10.1. The van der Waals surface area contributed by atoms with E-state index in [1.54, 1.807) is 48.5 Å². The topological polar surface area (TPSA) is 77.3 Å². The molecule has 0 radical (unpaired) electrons. The van der Waals surface area contributed by atoms with Crippen molar-refractivity contribution >= 4 is 9.84 Å². The summed E-state index contributed by atoms with van der Waals surface area (Å²) in [7, 11) is -3.85. The molecule has 2 aromatic rings. The summed E-state index contributed by atoms with van der Waals surface area (Å²) in [5.41, 5.74) is 0.369. The fourth-order valence-electron chi connectivity index (χ4n) is 1.86. The van der Waals surface area contributed by atoms with Crippen LogP contribution in [0.15, 0.2) is 65.6 Å². The normalized spacial score (nSPS) is 12.6. The van der Waals surface area contributed by atoms with Gasteiger partial charge in [-0.15, -0.1) is 4.92 Å². The molecule has 0 aromatic heterocycles. The number of sulfone groups is 1. The minimum atomic E-state index is -3.85.